The highest BCUT2D eigenvalue weighted by Gasteiger charge is 2.09. The van der Waals surface area contributed by atoms with Crippen molar-refractivity contribution in [3.8, 4) is 11.3 Å². The van der Waals surface area contributed by atoms with Crippen molar-refractivity contribution in [3.63, 3.8) is 0 Å². The molecule has 2 rings (SSSR count). The van der Waals surface area contributed by atoms with E-state index in [2.05, 4.69) is 10.2 Å². The summed E-state index contributed by atoms with van der Waals surface area (Å²) in [7, 11) is 0. The first-order chi connectivity index (χ1) is 8.08. The van der Waals surface area contributed by atoms with E-state index in [-0.39, 0.29) is 5.69 Å². The number of nitrogens with zero attached hydrogens (tertiary/aromatic N) is 1. The number of benzene rings is 1. The number of halogens is 1. The molecule has 17 heavy (non-hydrogen) atoms. The van der Waals surface area contributed by atoms with Crippen LogP contribution in [0.5, 0.6) is 0 Å². The van der Waals surface area contributed by atoms with Crippen molar-refractivity contribution < 1.29 is 14.3 Å². The van der Waals surface area contributed by atoms with Crippen LogP contribution in [0.15, 0.2) is 30.3 Å². The Balaban J connectivity index is 2.30. The molecule has 1 heterocycles. The average Bonchev–Trinajstić information content (AvgIpc) is 2.78. The molecule has 0 amide bonds. The third kappa shape index (κ3) is 2.33. The standard InChI is InChI=1S/C12H11FN2O2/c1-7(13)8-2-4-9(5-3-8)10-6-11(12(16)17)15-14-10/h2-7H,1H3,(H,14,15)(H,16,17). The molecule has 0 aliphatic carbocycles. The number of carboxylic acid groups (broad SMARTS) is 1. The first kappa shape index (κ1) is 11.3. The van der Waals surface area contributed by atoms with Crippen LogP contribution in [0.4, 0.5) is 4.39 Å². The van der Waals surface area contributed by atoms with Gasteiger partial charge >= 0.3 is 5.97 Å². The van der Waals surface area contributed by atoms with Crippen molar-refractivity contribution in [1.82, 2.24) is 10.2 Å². The van der Waals surface area contributed by atoms with Crippen LogP contribution >= 0.6 is 0 Å². The van der Waals surface area contributed by atoms with Gasteiger partial charge in [-0.25, -0.2) is 9.18 Å². The fourth-order valence-corrected chi connectivity index (χ4v) is 1.50. The molecule has 0 bridgehead atoms. The quantitative estimate of drug-likeness (QED) is 0.858. The zero-order valence-electron chi connectivity index (χ0n) is 9.14. The number of nitrogens with one attached hydrogen (secondary N) is 1. The molecular formula is C12H11FN2O2. The third-order valence-electron chi connectivity index (χ3n) is 2.47. The van der Waals surface area contributed by atoms with Crippen LogP contribution in [-0.2, 0) is 0 Å². The SMILES string of the molecule is CC(F)c1ccc(-c2cc(C(=O)O)[nH]n2)cc1. The van der Waals surface area contributed by atoms with Crippen LogP contribution in [0.2, 0.25) is 0 Å². The number of aromatic amines is 1. The van der Waals surface area contributed by atoms with Gasteiger partial charge in [-0.15, -0.1) is 0 Å². The number of H-pyrrole nitrogens is 1. The summed E-state index contributed by atoms with van der Waals surface area (Å²) >= 11 is 0. The first-order valence-corrected chi connectivity index (χ1v) is 5.11. The summed E-state index contributed by atoms with van der Waals surface area (Å²) in [4.78, 5) is 10.7. The van der Waals surface area contributed by atoms with Crippen molar-refractivity contribution >= 4 is 5.97 Å². The molecular weight excluding hydrogens is 223 g/mol. The molecule has 1 aromatic heterocycles. The molecule has 0 saturated heterocycles. The van der Waals surface area contributed by atoms with Crippen LogP contribution < -0.4 is 0 Å². The van der Waals surface area contributed by atoms with Crippen molar-refractivity contribution in [2.45, 2.75) is 13.1 Å². The van der Waals surface area contributed by atoms with Crippen LogP contribution in [0.3, 0.4) is 0 Å². The zero-order valence-corrected chi connectivity index (χ0v) is 9.14. The van der Waals surface area contributed by atoms with Gasteiger partial charge in [-0.3, -0.25) is 5.10 Å². The average molecular weight is 234 g/mol. The van der Waals surface area contributed by atoms with E-state index in [0.717, 1.165) is 5.56 Å². The smallest absolute Gasteiger partial charge is 0.353 e. The Morgan fingerprint density at radius 2 is 2.06 bits per heavy atom. The van der Waals surface area contributed by atoms with Gasteiger partial charge in [0.2, 0.25) is 0 Å². The maximum atomic E-state index is 13.0. The Morgan fingerprint density at radius 1 is 1.41 bits per heavy atom. The molecule has 0 saturated carbocycles. The van der Waals surface area contributed by atoms with Gasteiger partial charge in [-0.1, -0.05) is 24.3 Å². The van der Waals surface area contributed by atoms with E-state index in [1.165, 1.54) is 13.0 Å². The van der Waals surface area contributed by atoms with Gasteiger partial charge in [0.05, 0.1) is 5.69 Å². The lowest BCUT2D eigenvalue weighted by atomic mass is 10.1. The second-order valence-electron chi connectivity index (χ2n) is 3.71. The Bertz CT molecular complexity index is 532. The lowest BCUT2D eigenvalue weighted by molar-refractivity contribution is 0.0690. The van der Waals surface area contributed by atoms with E-state index in [0.29, 0.717) is 11.3 Å². The van der Waals surface area contributed by atoms with Crippen molar-refractivity contribution in [3.05, 3.63) is 41.6 Å². The van der Waals surface area contributed by atoms with E-state index >= 15 is 0 Å². The third-order valence-corrected chi connectivity index (χ3v) is 2.47. The highest BCUT2D eigenvalue weighted by molar-refractivity contribution is 5.86. The number of hydrogen-bond acceptors (Lipinski definition) is 2. The number of aromatic nitrogens is 2. The minimum Gasteiger partial charge on any atom is -0.477 e. The van der Waals surface area contributed by atoms with Crippen LogP contribution in [-0.4, -0.2) is 21.3 Å². The molecule has 88 valence electrons. The van der Waals surface area contributed by atoms with Crippen molar-refractivity contribution in [1.29, 1.82) is 0 Å². The highest BCUT2D eigenvalue weighted by Crippen LogP contribution is 2.22. The molecule has 1 unspecified atom stereocenters. The summed E-state index contributed by atoms with van der Waals surface area (Å²) in [6.07, 6.45) is -1.02. The lowest BCUT2D eigenvalue weighted by Crippen LogP contribution is -1.95. The number of rotatable bonds is 3. The van der Waals surface area contributed by atoms with E-state index < -0.39 is 12.1 Å². The Labute approximate surface area is 97.1 Å². The van der Waals surface area contributed by atoms with Gasteiger partial charge < -0.3 is 5.11 Å². The van der Waals surface area contributed by atoms with Gasteiger partial charge in [0.1, 0.15) is 11.9 Å². The molecule has 5 heteroatoms. The Kier molecular flexibility index (Phi) is 2.91. The highest BCUT2D eigenvalue weighted by atomic mass is 19.1. The summed E-state index contributed by atoms with van der Waals surface area (Å²) in [5, 5.41) is 15.0. The van der Waals surface area contributed by atoms with Crippen LogP contribution in [0, 0.1) is 0 Å². The normalized spacial score (nSPS) is 12.4. The molecule has 1 atom stereocenters. The summed E-state index contributed by atoms with van der Waals surface area (Å²) < 4.78 is 13.0. The van der Waals surface area contributed by atoms with Gasteiger partial charge in [0.25, 0.3) is 0 Å². The van der Waals surface area contributed by atoms with E-state index in [4.69, 9.17) is 5.11 Å². The molecule has 0 radical (unpaired) electrons. The fourth-order valence-electron chi connectivity index (χ4n) is 1.50. The van der Waals surface area contributed by atoms with Gasteiger partial charge in [-0.2, -0.15) is 5.10 Å². The monoisotopic (exact) mass is 234 g/mol. The van der Waals surface area contributed by atoms with Crippen molar-refractivity contribution in [2.24, 2.45) is 0 Å². The molecule has 0 aliphatic heterocycles. The van der Waals surface area contributed by atoms with E-state index in [1.807, 2.05) is 0 Å². The number of carbonyl (C=O) groups is 1. The summed E-state index contributed by atoms with van der Waals surface area (Å²) in [6, 6.07) is 8.20. The maximum Gasteiger partial charge on any atom is 0.353 e. The lowest BCUT2D eigenvalue weighted by Gasteiger charge is -2.02. The number of carboxylic acids is 1. The second-order valence-corrected chi connectivity index (χ2v) is 3.71. The summed E-state index contributed by atoms with van der Waals surface area (Å²) in [6.45, 7) is 1.46. The van der Waals surface area contributed by atoms with Crippen LogP contribution in [0.1, 0.15) is 29.1 Å². The molecule has 0 fully saturated rings. The summed E-state index contributed by atoms with van der Waals surface area (Å²) in [5.74, 6) is -1.06. The van der Waals surface area contributed by atoms with Crippen molar-refractivity contribution in [2.75, 3.05) is 0 Å². The number of alkyl halides is 1. The fraction of sp³-hybridized carbons (Fsp3) is 0.167. The second kappa shape index (κ2) is 4.37. The first-order valence-electron chi connectivity index (χ1n) is 5.11. The predicted octanol–water partition coefficient (Wildman–Crippen LogP) is 2.81. The van der Waals surface area contributed by atoms with E-state index in [1.54, 1.807) is 24.3 Å². The van der Waals surface area contributed by atoms with Crippen LogP contribution in [0.25, 0.3) is 11.3 Å². The molecule has 0 spiro atoms. The molecule has 4 nitrogen and oxygen atoms in total. The number of aromatic carboxylic acids is 1. The van der Waals surface area contributed by atoms with E-state index in [9.17, 15) is 9.18 Å². The van der Waals surface area contributed by atoms with Gasteiger partial charge in [0.15, 0.2) is 0 Å². The van der Waals surface area contributed by atoms with Gasteiger partial charge in [0, 0.05) is 5.56 Å². The largest absolute Gasteiger partial charge is 0.477 e. The molecule has 2 N–H and O–H groups in total. The number of hydrogen-bond donors (Lipinski definition) is 2. The summed E-state index contributed by atoms with van der Waals surface area (Å²) in [5.41, 5.74) is 1.89. The minimum absolute atomic E-state index is 0.0305. The molecule has 0 aliphatic rings. The predicted molar refractivity (Wildman–Crippen MR) is 60.5 cm³/mol. The molecule has 2 aromatic rings. The topological polar surface area (TPSA) is 66.0 Å². The minimum atomic E-state index is -1.06. The molecule has 1 aromatic carbocycles. The van der Waals surface area contributed by atoms with Gasteiger partial charge in [-0.05, 0) is 18.6 Å². The Morgan fingerprint density at radius 3 is 2.53 bits per heavy atom. The maximum absolute atomic E-state index is 13.0. The Hall–Kier alpha value is -2.17. The zero-order chi connectivity index (χ0) is 12.4.